The second-order valence-corrected chi connectivity index (χ2v) is 11.3. The lowest BCUT2D eigenvalue weighted by Crippen LogP contribution is -2.51. The van der Waals surface area contributed by atoms with Crippen molar-refractivity contribution >= 4 is 23.0 Å². The summed E-state index contributed by atoms with van der Waals surface area (Å²) in [4.78, 5) is 27.4. The number of imidazole rings is 1. The molecular weight excluding hydrogens is 460 g/mol. The molecule has 0 amide bonds. The van der Waals surface area contributed by atoms with Gasteiger partial charge in [0, 0.05) is 31.0 Å². The number of fused-ring (bicyclic) bond motifs is 2. The van der Waals surface area contributed by atoms with E-state index in [4.69, 9.17) is 19.9 Å². The molecular formula is C26H40N6O4. The first-order valence-corrected chi connectivity index (χ1v) is 13.4. The first kappa shape index (κ1) is 25.4. The molecule has 1 saturated heterocycles. The first-order valence-electron chi connectivity index (χ1n) is 13.4. The number of rotatable bonds is 9. The number of carbonyl (C=O) groups excluding carboxylic acids is 1. The molecule has 2 N–H and O–H groups in total. The van der Waals surface area contributed by atoms with Gasteiger partial charge in [-0.3, -0.25) is 9.69 Å². The van der Waals surface area contributed by atoms with E-state index in [1.165, 1.54) is 6.33 Å². The van der Waals surface area contributed by atoms with Gasteiger partial charge in [-0.05, 0) is 66.2 Å². The van der Waals surface area contributed by atoms with E-state index in [1.807, 2.05) is 27.1 Å². The summed E-state index contributed by atoms with van der Waals surface area (Å²) in [6, 6.07) is 1.02. The largest absolute Gasteiger partial charge is 0.466 e. The van der Waals surface area contributed by atoms with E-state index < -0.39 is 5.79 Å². The first-order chi connectivity index (χ1) is 17.2. The Morgan fingerprint density at radius 3 is 2.69 bits per heavy atom. The highest BCUT2D eigenvalue weighted by molar-refractivity contribution is 5.81. The fourth-order valence-corrected chi connectivity index (χ4v) is 6.44. The third-order valence-corrected chi connectivity index (χ3v) is 8.15. The summed E-state index contributed by atoms with van der Waals surface area (Å²) in [6.07, 6.45) is 7.85. The zero-order valence-corrected chi connectivity index (χ0v) is 22.1. The van der Waals surface area contributed by atoms with Crippen LogP contribution in [0.25, 0.3) is 11.2 Å². The average molecular weight is 501 g/mol. The molecule has 3 aliphatic rings. The van der Waals surface area contributed by atoms with Crippen molar-refractivity contribution in [1.29, 1.82) is 0 Å². The Bertz CT molecular complexity index is 1080. The highest BCUT2D eigenvalue weighted by Gasteiger charge is 2.55. The van der Waals surface area contributed by atoms with Crippen LogP contribution >= 0.6 is 0 Å². The van der Waals surface area contributed by atoms with Crippen molar-refractivity contribution in [3.63, 3.8) is 0 Å². The molecule has 198 valence electrons. The summed E-state index contributed by atoms with van der Waals surface area (Å²) in [5, 5.41) is 0. The molecule has 5 rings (SSSR count). The fraction of sp³-hybridized carbons (Fsp3) is 0.769. The molecule has 10 heteroatoms. The lowest BCUT2D eigenvalue weighted by Gasteiger charge is -2.46. The minimum absolute atomic E-state index is 0.00238. The number of hydrogen-bond donors (Lipinski definition) is 1. The van der Waals surface area contributed by atoms with Crippen LogP contribution in [0.4, 0.5) is 5.82 Å². The predicted molar refractivity (Wildman–Crippen MR) is 135 cm³/mol. The van der Waals surface area contributed by atoms with E-state index in [1.54, 1.807) is 0 Å². The van der Waals surface area contributed by atoms with Crippen LogP contribution in [0.15, 0.2) is 12.7 Å². The standard InChI is InChI=1S/C26H40N6O4/c1-6-34-20(33)8-7-16-9-18(10-16)31(15(2)3)12-17-11-19(23-22(17)35-26(4,5)36-23)32-14-30-21-24(27)28-13-29-25(21)32/h13-19,22-23H,6-12H2,1-5H3,(H2,27,28,29)/t16?,17-,18?,19-,22-,23+/m1/s1. The SMILES string of the molecule is CCOC(=O)CCC1CC(N(C[C@H]2C[C@@H](n3cnc4c(N)ncnc43)[C@@H]3OC(C)(C)O[C@H]23)C(C)C)C1. The van der Waals surface area contributed by atoms with Crippen molar-refractivity contribution in [2.24, 2.45) is 11.8 Å². The number of esters is 1. The molecule has 0 unspecified atom stereocenters. The molecule has 2 aromatic heterocycles. The van der Waals surface area contributed by atoms with E-state index >= 15 is 0 Å². The molecule has 2 aliphatic carbocycles. The van der Waals surface area contributed by atoms with Gasteiger partial charge in [-0.2, -0.15) is 0 Å². The number of carbonyl (C=O) groups is 1. The van der Waals surface area contributed by atoms with Crippen molar-refractivity contribution in [2.45, 2.75) is 103 Å². The molecule has 36 heavy (non-hydrogen) atoms. The van der Waals surface area contributed by atoms with E-state index in [0.717, 1.165) is 37.9 Å². The number of nitrogens with zero attached hydrogens (tertiary/aromatic N) is 5. The maximum atomic E-state index is 11.7. The van der Waals surface area contributed by atoms with Gasteiger partial charge in [0.15, 0.2) is 17.3 Å². The molecule has 1 aliphatic heterocycles. The number of nitrogens with two attached hydrogens (primary N) is 1. The summed E-state index contributed by atoms with van der Waals surface area (Å²) < 4.78 is 20.1. The summed E-state index contributed by atoms with van der Waals surface area (Å²) in [5.41, 5.74) is 7.42. The lowest BCUT2D eigenvalue weighted by molar-refractivity contribution is -0.161. The summed E-state index contributed by atoms with van der Waals surface area (Å²) in [6.45, 7) is 11.8. The molecule has 3 fully saturated rings. The van der Waals surface area contributed by atoms with Crippen molar-refractivity contribution < 1.29 is 19.0 Å². The number of ether oxygens (including phenoxy) is 3. The Labute approximate surface area is 212 Å². The fourth-order valence-electron chi connectivity index (χ4n) is 6.44. The Morgan fingerprint density at radius 1 is 1.22 bits per heavy atom. The highest BCUT2D eigenvalue weighted by Crippen LogP contribution is 2.48. The van der Waals surface area contributed by atoms with Gasteiger partial charge in [0.1, 0.15) is 17.9 Å². The van der Waals surface area contributed by atoms with Gasteiger partial charge in [0.25, 0.3) is 0 Å². The van der Waals surface area contributed by atoms with Crippen molar-refractivity contribution in [3.05, 3.63) is 12.7 Å². The zero-order valence-electron chi connectivity index (χ0n) is 22.1. The number of nitrogen functional groups attached to an aromatic ring is 1. The molecule has 3 heterocycles. The molecule has 4 atom stereocenters. The summed E-state index contributed by atoms with van der Waals surface area (Å²) in [5.74, 6) is 0.595. The van der Waals surface area contributed by atoms with Gasteiger partial charge in [0.2, 0.25) is 0 Å². The molecule has 0 aromatic carbocycles. The van der Waals surface area contributed by atoms with Crippen LogP contribution in [0.3, 0.4) is 0 Å². The number of aromatic nitrogens is 4. The Balaban J connectivity index is 1.29. The second-order valence-electron chi connectivity index (χ2n) is 11.3. The lowest BCUT2D eigenvalue weighted by atomic mass is 9.76. The molecule has 0 spiro atoms. The third kappa shape index (κ3) is 4.82. The molecule has 0 bridgehead atoms. The van der Waals surface area contributed by atoms with Gasteiger partial charge in [-0.15, -0.1) is 0 Å². The van der Waals surface area contributed by atoms with E-state index in [9.17, 15) is 4.79 Å². The van der Waals surface area contributed by atoms with Crippen LogP contribution in [0.1, 0.15) is 72.8 Å². The predicted octanol–water partition coefficient (Wildman–Crippen LogP) is 3.32. The van der Waals surface area contributed by atoms with Gasteiger partial charge >= 0.3 is 5.97 Å². The van der Waals surface area contributed by atoms with Crippen LogP contribution in [-0.4, -0.2) is 73.6 Å². The monoisotopic (exact) mass is 500 g/mol. The topological polar surface area (TPSA) is 118 Å². The van der Waals surface area contributed by atoms with Crippen LogP contribution in [0.5, 0.6) is 0 Å². The third-order valence-electron chi connectivity index (χ3n) is 8.15. The smallest absolute Gasteiger partial charge is 0.305 e. The maximum absolute atomic E-state index is 11.7. The van der Waals surface area contributed by atoms with Crippen molar-refractivity contribution in [2.75, 3.05) is 18.9 Å². The minimum Gasteiger partial charge on any atom is -0.466 e. The molecule has 2 aromatic rings. The average Bonchev–Trinajstić information content (AvgIpc) is 3.43. The van der Waals surface area contributed by atoms with E-state index in [0.29, 0.717) is 48.3 Å². The second kappa shape index (κ2) is 9.87. The Hall–Kier alpha value is -2.30. The zero-order chi connectivity index (χ0) is 25.6. The number of hydrogen-bond acceptors (Lipinski definition) is 9. The Kier molecular flexibility index (Phi) is 6.95. The molecule has 2 saturated carbocycles. The highest BCUT2D eigenvalue weighted by atomic mass is 16.8. The summed E-state index contributed by atoms with van der Waals surface area (Å²) >= 11 is 0. The quantitative estimate of drug-likeness (QED) is 0.517. The van der Waals surface area contributed by atoms with Crippen LogP contribution in [-0.2, 0) is 19.0 Å². The van der Waals surface area contributed by atoms with Crippen molar-refractivity contribution in [3.8, 4) is 0 Å². The van der Waals surface area contributed by atoms with Crippen molar-refractivity contribution in [1.82, 2.24) is 24.4 Å². The van der Waals surface area contributed by atoms with Crippen LogP contribution in [0.2, 0.25) is 0 Å². The van der Waals surface area contributed by atoms with Gasteiger partial charge in [-0.1, -0.05) is 0 Å². The number of anilines is 1. The summed E-state index contributed by atoms with van der Waals surface area (Å²) in [7, 11) is 0. The molecule has 10 nitrogen and oxygen atoms in total. The van der Waals surface area contributed by atoms with Gasteiger partial charge < -0.3 is 24.5 Å². The van der Waals surface area contributed by atoms with Crippen LogP contribution in [0, 0.1) is 11.8 Å². The normalized spacial score (nSPS) is 31.2. The molecule has 0 radical (unpaired) electrons. The van der Waals surface area contributed by atoms with E-state index in [-0.39, 0.29) is 24.2 Å². The van der Waals surface area contributed by atoms with Gasteiger partial charge in [0.05, 0.1) is 25.1 Å². The minimum atomic E-state index is -0.631. The van der Waals surface area contributed by atoms with Crippen LogP contribution < -0.4 is 5.73 Å². The van der Waals surface area contributed by atoms with E-state index in [2.05, 4.69) is 38.3 Å². The van der Waals surface area contributed by atoms with Gasteiger partial charge in [-0.25, -0.2) is 15.0 Å². The maximum Gasteiger partial charge on any atom is 0.305 e. The Morgan fingerprint density at radius 2 is 1.97 bits per heavy atom.